The van der Waals surface area contributed by atoms with Gasteiger partial charge in [-0.3, -0.25) is 19.2 Å². The summed E-state index contributed by atoms with van der Waals surface area (Å²) in [6.45, 7) is 3.56. The summed E-state index contributed by atoms with van der Waals surface area (Å²) < 4.78 is 12.0. The first kappa shape index (κ1) is 19.0. The fraction of sp³-hybridized carbons (Fsp3) is 0.333. The summed E-state index contributed by atoms with van der Waals surface area (Å²) in [5, 5.41) is 0. The highest BCUT2D eigenvalue weighted by Gasteiger charge is 2.86. The summed E-state index contributed by atoms with van der Waals surface area (Å²) in [6.07, 6.45) is 0. The SMILES string of the molecule is CCO[C@@]12C(=O)c3ccccc3C(=O)[C@@H]1[C@H]1C(=O)c3ccccc3C(=O)[C@]12OCC. The third-order valence-corrected chi connectivity index (χ3v) is 6.62. The average molecular weight is 404 g/mol. The number of hydrogen-bond donors (Lipinski definition) is 0. The number of fused-ring (bicyclic) bond motifs is 6. The molecular formula is C24H20O6. The van der Waals surface area contributed by atoms with Gasteiger partial charge in [0.15, 0.2) is 34.3 Å². The molecular weight excluding hydrogens is 384 g/mol. The van der Waals surface area contributed by atoms with Crippen LogP contribution >= 0.6 is 0 Å². The van der Waals surface area contributed by atoms with Gasteiger partial charge in [-0.1, -0.05) is 48.5 Å². The van der Waals surface area contributed by atoms with Gasteiger partial charge in [0.05, 0.1) is 11.8 Å². The number of carbonyl (C=O) groups excluding carboxylic acids is 4. The van der Waals surface area contributed by atoms with Crippen molar-refractivity contribution in [2.24, 2.45) is 11.8 Å². The molecule has 6 nitrogen and oxygen atoms in total. The monoisotopic (exact) mass is 404 g/mol. The van der Waals surface area contributed by atoms with Gasteiger partial charge >= 0.3 is 0 Å². The van der Waals surface area contributed by atoms with Gasteiger partial charge in [-0.2, -0.15) is 0 Å². The molecule has 0 saturated heterocycles. The van der Waals surface area contributed by atoms with Gasteiger partial charge in [-0.15, -0.1) is 0 Å². The minimum atomic E-state index is -1.85. The largest absolute Gasteiger partial charge is 0.363 e. The van der Waals surface area contributed by atoms with Crippen LogP contribution in [0.3, 0.4) is 0 Å². The maximum Gasteiger partial charge on any atom is 0.199 e. The fourth-order valence-electron chi connectivity index (χ4n) is 5.63. The molecule has 2 aromatic carbocycles. The van der Waals surface area contributed by atoms with E-state index in [1.54, 1.807) is 62.4 Å². The molecule has 2 aromatic rings. The van der Waals surface area contributed by atoms with E-state index in [-0.39, 0.29) is 47.0 Å². The molecule has 0 aromatic heterocycles. The van der Waals surface area contributed by atoms with Crippen LogP contribution in [0.25, 0.3) is 0 Å². The Bertz CT molecular complexity index is 1040. The first-order valence-corrected chi connectivity index (χ1v) is 10.1. The maximum absolute atomic E-state index is 13.8. The summed E-state index contributed by atoms with van der Waals surface area (Å²) in [5.41, 5.74) is -2.80. The van der Waals surface area contributed by atoms with Crippen molar-refractivity contribution < 1.29 is 28.7 Å². The molecule has 3 aliphatic carbocycles. The lowest BCUT2D eigenvalue weighted by Crippen LogP contribution is -2.88. The fourth-order valence-corrected chi connectivity index (χ4v) is 5.63. The molecule has 30 heavy (non-hydrogen) atoms. The summed E-state index contributed by atoms with van der Waals surface area (Å²) in [4.78, 5) is 54.7. The molecule has 0 amide bonds. The van der Waals surface area contributed by atoms with Crippen LogP contribution in [0.1, 0.15) is 55.3 Å². The van der Waals surface area contributed by atoms with Crippen LogP contribution in [0.4, 0.5) is 0 Å². The first-order chi connectivity index (χ1) is 14.5. The van der Waals surface area contributed by atoms with Crippen molar-refractivity contribution >= 4 is 23.1 Å². The highest BCUT2D eigenvalue weighted by molar-refractivity contribution is 6.31. The predicted octanol–water partition coefficient (Wildman–Crippen LogP) is 2.94. The van der Waals surface area contributed by atoms with Crippen molar-refractivity contribution in [3.63, 3.8) is 0 Å². The number of Topliss-reactive ketones (excluding diaryl/α,β-unsaturated/α-hetero) is 4. The Labute approximate surface area is 173 Å². The Kier molecular flexibility index (Phi) is 3.98. The van der Waals surface area contributed by atoms with Crippen LogP contribution < -0.4 is 0 Å². The first-order valence-electron chi connectivity index (χ1n) is 10.1. The van der Waals surface area contributed by atoms with Gasteiger partial charge in [0.1, 0.15) is 0 Å². The molecule has 1 fully saturated rings. The van der Waals surface area contributed by atoms with Crippen LogP contribution in [0.2, 0.25) is 0 Å². The van der Waals surface area contributed by atoms with Gasteiger partial charge < -0.3 is 9.47 Å². The van der Waals surface area contributed by atoms with Gasteiger partial charge in [0, 0.05) is 35.5 Å². The topological polar surface area (TPSA) is 86.7 Å². The molecule has 0 heterocycles. The standard InChI is InChI=1S/C24H20O6/c1-3-29-23-17(19(25)13-9-5-7-11-15(13)21(23)27)18-20(26)14-10-6-8-12-16(14)22(28)24(18,23)30-4-2/h5-12,17-18H,3-4H2,1-2H3/t17-,18-,23+,24+/m0/s1. The maximum atomic E-state index is 13.8. The van der Waals surface area contributed by atoms with Crippen LogP contribution in [-0.4, -0.2) is 47.5 Å². The molecule has 6 heteroatoms. The van der Waals surface area contributed by atoms with E-state index in [9.17, 15) is 19.2 Å². The molecule has 0 radical (unpaired) electrons. The quantitative estimate of drug-likeness (QED) is 0.779. The van der Waals surface area contributed by atoms with Crippen LogP contribution in [0.5, 0.6) is 0 Å². The lowest BCUT2D eigenvalue weighted by Gasteiger charge is -2.66. The van der Waals surface area contributed by atoms with E-state index in [1.807, 2.05) is 0 Å². The molecule has 0 spiro atoms. The minimum absolute atomic E-state index is 0.0857. The second kappa shape index (κ2) is 6.27. The van der Waals surface area contributed by atoms with Crippen molar-refractivity contribution in [1.82, 2.24) is 0 Å². The molecule has 5 rings (SSSR count). The minimum Gasteiger partial charge on any atom is -0.363 e. The number of hydrogen-bond acceptors (Lipinski definition) is 6. The van der Waals surface area contributed by atoms with E-state index in [1.165, 1.54) is 0 Å². The van der Waals surface area contributed by atoms with E-state index in [2.05, 4.69) is 0 Å². The highest BCUT2D eigenvalue weighted by atomic mass is 16.6. The number of benzene rings is 2. The van der Waals surface area contributed by atoms with Crippen molar-refractivity contribution in [3.8, 4) is 0 Å². The molecule has 3 aliphatic rings. The number of carbonyl (C=O) groups is 4. The molecule has 1 saturated carbocycles. The van der Waals surface area contributed by atoms with Gasteiger partial charge in [0.2, 0.25) is 0 Å². The Hall–Kier alpha value is -2.96. The van der Waals surface area contributed by atoms with E-state index >= 15 is 0 Å². The van der Waals surface area contributed by atoms with Crippen molar-refractivity contribution in [2.45, 2.75) is 25.0 Å². The zero-order chi connectivity index (χ0) is 21.3. The normalized spacial score (nSPS) is 31.4. The second-order valence-corrected chi connectivity index (χ2v) is 7.77. The van der Waals surface area contributed by atoms with Crippen LogP contribution in [0.15, 0.2) is 48.5 Å². The van der Waals surface area contributed by atoms with Crippen molar-refractivity contribution in [1.29, 1.82) is 0 Å². The van der Waals surface area contributed by atoms with Crippen molar-refractivity contribution in [2.75, 3.05) is 13.2 Å². The smallest absolute Gasteiger partial charge is 0.199 e. The Morgan fingerprint density at radius 3 is 1.30 bits per heavy atom. The summed E-state index contributed by atoms with van der Waals surface area (Å²) in [5.74, 6) is -3.88. The van der Waals surface area contributed by atoms with E-state index < -0.39 is 34.6 Å². The third-order valence-electron chi connectivity index (χ3n) is 6.62. The Morgan fingerprint density at radius 1 is 0.633 bits per heavy atom. The molecule has 0 bridgehead atoms. The van der Waals surface area contributed by atoms with E-state index in [0.29, 0.717) is 0 Å². The Morgan fingerprint density at radius 2 is 0.967 bits per heavy atom. The number of ether oxygens (including phenoxy) is 2. The van der Waals surface area contributed by atoms with Crippen molar-refractivity contribution in [3.05, 3.63) is 70.8 Å². The highest BCUT2D eigenvalue weighted by Crippen LogP contribution is 2.64. The third kappa shape index (κ3) is 1.87. The summed E-state index contributed by atoms with van der Waals surface area (Å²) in [6, 6.07) is 13.0. The molecule has 0 N–H and O–H groups in total. The van der Waals surface area contributed by atoms with E-state index in [0.717, 1.165) is 0 Å². The van der Waals surface area contributed by atoms with Gasteiger partial charge in [0.25, 0.3) is 0 Å². The Balaban J connectivity index is 1.84. The summed E-state index contributed by atoms with van der Waals surface area (Å²) in [7, 11) is 0. The zero-order valence-electron chi connectivity index (χ0n) is 16.6. The molecule has 4 atom stereocenters. The lowest BCUT2D eigenvalue weighted by molar-refractivity contribution is -0.258. The number of rotatable bonds is 4. The van der Waals surface area contributed by atoms with Crippen LogP contribution in [-0.2, 0) is 9.47 Å². The molecule has 0 unspecified atom stereocenters. The van der Waals surface area contributed by atoms with Gasteiger partial charge in [-0.25, -0.2) is 0 Å². The molecule has 0 aliphatic heterocycles. The molecule has 152 valence electrons. The van der Waals surface area contributed by atoms with Gasteiger partial charge in [-0.05, 0) is 13.8 Å². The zero-order valence-corrected chi connectivity index (χ0v) is 16.6. The average Bonchev–Trinajstić information content (AvgIpc) is 2.76. The summed E-state index contributed by atoms with van der Waals surface area (Å²) >= 11 is 0. The van der Waals surface area contributed by atoms with E-state index in [4.69, 9.17) is 9.47 Å². The predicted molar refractivity (Wildman–Crippen MR) is 106 cm³/mol. The number of ketones is 4. The lowest BCUT2D eigenvalue weighted by atomic mass is 9.40. The van der Waals surface area contributed by atoms with Crippen LogP contribution in [0, 0.1) is 11.8 Å². The second-order valence-electron chi connectivity index (χ2n) is 7.77.